The lowest BCUT2D eigenvalue weighted by atomic mass is 9.82. The molecule has 39 heavy (non-hydrogen) atoms. The van der Waals surface area contributed by atoms with E-state index in [-0.39, 0.29) is 0 Å². The largest absolute Gasteiger partial charge is 0.455 e. The van der Waals surface area contributed by atoms with Crippen LogP contribution in [-0.4, -0.2) is 0 Å². The van der Waals surface area contributed by atoms with Crippen LogP contribution >= 0.6 is 0 Å². The molecule has 0 spiro atoms. The Morgan fingerprint density at radius 2 is 1.05 bits per heavy atom. The van der Waals surface area contributed by atoms with E-state index >= 15 is 0 Å². The molecule has 0 bridgehead atoms. The topological polar surface area (TPSA) is 13.1 Å². The second kappa shape index (κ2) is 9.60. The summed E-state index contributed by atoms with van der Waals surface area (Å²) in [6, 6.07) is 39.4. The van der Waals surface area contributed by atoms with Crippen molar-refractivity contribution in [3.8, 4) is 22.3 Å². The number of hydrogen-bond donors (Lipinski definition) is 0. The zero-order valence-corrected chi connectivity index (χ0v) is 22.4. The molecule has 0 saturated carbocycles. The molecule has 1 aromatic heterocycles. The molecular weight excluding hydrogens is 472 g/mol. The van der Waals surface area contributed by atoms with Crippen molar-refractivity contribution < 1.29 is 4.42 Å². The number of rotatable bonds is 2. The Bertz CT molecular complexity index is 1980. The monoisotopic (exact) mass is 502 g/mol. The summed E-state index contributed by atoms with van der Waals surface area (Å²) in [5.41, 5.74) is 9.68. The van der Waals surface area contributed by atoms with Crippen molar-refractivity contribution in [2.75, 3.05) is 0 Å². The van der Waals surface area contributed by atoms with Gasteiger partial charge < -0.3 is 4.42 Å². The summed E-state index contributed by atoms with van der Waals surface area (Å²) in [6.45, 7) is 4.00. The van der Waals surface area contributed by atoms with E-state index in [0.717, 1.165) is 40.3 Å². The maximum absolute atomic E-state index is 6.52. The Kier molecular flexibility index (Phi) is 5.78. The molecule has 8 rings (SSSR count). The molecule has 0 fully saturated rings. The predicted molar refractivity (Wildman–Crippen MR) is 168 cm³/mol. The van der Waals surface area contributed by atoms with E-state index in [0.29, 0.717) is 0 Å². The molecule has 0 unspecified atom stereocenters. The second-order valence-corrected chi connectivity index (χ2v) is 9.94. The van der Waals surface area contributed by atoms with Crippen LogP contribution in [0.1, 0.15) is 31.4 Å². The van der Waals surface area contributed by atoms with E-state index in [1.807, 2.05) is 19.9 Å². The molecule has 188 valence electrons. The molecule has 7 aromatic rings. The Morgan fingerprint density at radius 1 is 0.513 bits per heavy atom. The van der Waals surface area contributed by atoms with Crippen LogP contribution < -0.4 is 0 Å². The van der Waals surface area contributed by atoms with Crippen LogP contribution in [0.2, 0.25) is 0 Å². The minimum absolute atomic E-state index is 0.929. The third-order valence-corrected chi connectivity index (χ3v) is 7.94. The number of fused-ring (bicyclic) bond motifs is 6. The van der Waals surface area contributed by atoms with Gasteiger partial charge in [-0.05, 0) is 62.7 Å². The van der Waals surface area contributed by atoms with Crippen LogP contribution in [0.4, 0.5) is 0 Å². The number of hydrogen-bond acceptors (Lipinski definition) is 1. The highest BCUT2D eigenvalue weighted by molar-refractivity contribution is 6.24. The van der Waals surface area contributed by atoms with Crippen LogP contribution in [0.3, 0.4) is 0 Å². The van der Waals surface area contributed by atoms with Gasteiger partial charge in [-0.2, -0.15) is 0 Å². The van der Waals surface area contributed by atoms with Gasteiger partial charge in [0, 0.05) is 21.9 Å². The van der Waals surface area contributed by atoms with E-state index < -0.39 is 0 Å². The molecule has 1 heterocycles. The number of para-hydroxylation sites is 2. The third kappa shape index (κ3) is 3.61. The molecule has 0 amide bonds. The normalized spacial score (nSPS) is 12.6. The highest BCUT2D eigenvalue weighted by Crippen LogP contribution is 2.47. The van der Waals surface area contributed by atoms with E-state index in [1.54, 1.807) is 0 Å². The van der Waals surface area contributed by atoms with E-state index in [4.69, 9.17) is 4.42 Å². The SMILES string of the molecule is C1=Cc2c(cccc2-c2c3ccccc3c(-c3cccc4c3oc3ccccc34)c3ccccc23)CC1.CC. The Balaban J connectivity index is 0.00000124. The van der Waals surface area contributed by atoms with Gasteiger partial charge in [-0.3, -0.25) is 0 Å². The fourth-order valence-corrected chi connectivity index (χ4v) is 6.34. The molecule has 1 nitrogen and oxygen atoms in total. The van der Waals surface area contributed by atoms with Crippen molar-refractivity contribution in [3.05, 3.63) is 126 Å². The van der Waals surface area contributed by atoms with E-state index in [9.17, 15) is 0 Å². The molecule has 0 aliphatic heterocycles. The van der Waals surface area contributed by atoms with E-state index in [2.05, 4.69) is 115 Å². The standard InChI is InChI=1S/C36H24O.C2H6/c1-2-13-24-23(11-1)12-9-19-26(24)34-27-15-3-5-17-29(27)35(30-18-6-4-16-28(30)34)32-21-10-20-31-25-14-7-8-22-33(25)37-36(31)32;1-2/h2-10,12-22H,1,11H2;1-2H3. The van der Waals surface area contributed by atoms with Gasteiger partial charge in [-0.1, -0.05) is 129 Å². The minimum Gasteiger partial charge on any atom is -0.455 e. The van der Waals surface area contributed by atoms with Gasteiger partial charge >= 0.3 is 0 Å². The van der Waals surface area contributed by atoms with Crippen molar-refractivity contribution in [2.45, 2.75) is 26.7 Å². The van der Waals surface area contributed by atoms with Crippen LogP contribution in [0.25, 0.3) is 71.8 Å². The van der Waals surface area contributed by atoms with Gasteiger partial charge in [0.2, 0.25) is 0 Å². The Hall–Kier alpha value is -4.62. The summed E-state index contributed by atoms with van der Waals surface area (Å²) < 4.78 is 6.52. The molecule has 0 radical (unpaired) electrons. The van der Waals surface area contributed by atoms with Crippen molar-refractivity contribution in [1.82, 2.24) is 0 Å². The maximum atomic E-state index is 6.52. The lowest BCUT2D eigenvalue weighted by Crippen LogP contribution is -1.98. The smallest absolute Gasteiger partial charge is 0.143 e. The van der Waals surface area contributed by atoms with E-state index in [1.165, 1.54) is 49.4 Å². The molecule has 1 heteroatoms. The van der Waals surface area contributed by atoms with Crippen LogP contribution in [0.15, 0.2) is 120 Å². The minimum atomic E-state index is 0.929. The average Bonchev–Trinajstić information content (AvgIpc) is 3.40. The fourth-order valence-electron chi connectivity index (χ4n) is 6.34. The van der Waals surface area contributed by atoms with Gasteiger partial charge in [-0.15, -0.1) is 0 Å². The lowest BCUT2D eigenvalue weighted by molar-refractivity contribution is 0.670. The average molecular weight is 503 g/mol. The van der Waals surface area contributed by atoms with Crippen molar-refractivity contribution in [3.63, 3.8) is 0 Å². The number of furan rings is 1. The van der Waals surface area contributed by atoms with Gasteiger partial charge in [-0.25, -0.2) is 0 Å². The Labute approximate surface area is 229 Å². The molecule has 6 aromatic carbocycles. The third-order valence-electron chi connectivity index (χ3n) is 7.94. The van der Waals surface area contributed by atoms with Crippen LogP contribution in [0, 0.1) is 0 Å². The first-order chi connectivity index (χ1) is 19.4. The summed E-state index contributed by atoms with van der Waals surface area (Å²) >= 11 is 0. The highest BCUT2D eigenvalue weighted by atomic mass is 16.3. The second-order valence-electron chi connectivity index (χ2n) is 9.94. The zero-order valence-electron chi connectivity index (χ0n) is 22.4. The highest BCUT2D eigenvalue weighted by Gasteiger charge is 2.21. The molecule has 1 aliphatic rings. The quantitative estimate of drug-likeness (QED) is 0.214. The summed E-state index contributed by atoms with van der Waals surface area (Å²) in [5.74, 6) is 0. The van der Waals surface area contributed by atoms with Gasteiger partial charge in [0.15, 0.2) is 0 Å². The predicted octanol–water partition coefficient (Wildman–Crippen LogP) is 11.2. The van der Waals surface area contributed by atoms with Crippen molar-refractivity contribution >= 4 is 49.6 Å². The molecule has 0 N–H and O–H groups in total. The number of allylic oxidation sites excluding steroid dienone is 1. The summed E-state index contributed by atoms with van der Waals surface area (Å²) in [7, 11) is 0. The molecule has 0 saturated heterocycles. The fraction of sp³-hybridized carbons (Fsp3) is 0.105. The van der Waals surface area contributed by atoms with Gasteiger partial charge in [0.1, 0.15) is 11.2 Å². The van der Waals surface area contributed by atoms with Crippen molar-refractivity contribution in [2.24, 2.45) is 0 Å². The number of aryl methyl sites for hydroxylation is 1. The lowest BCUT2D eigenvalue weighted by Gasteiger charge is -2.21. The summed E-state index contributed by atoms with van der Waals surface area (Å²) in [6.07, 6.45) is 6.84. The first-order valence-corrected chi connectivity index (χ1v) is 14.0. The van der Waals surface area contributed by atoms with Crippen LogP contribution in [-0.2, 0) is 6.42 Å². The van der Waals surface area contributed by atoms with Crippen LogP contribution in [0.5, 0.6) is 0 Å². The first kappa shape index (κ1) is 23.5. The summed E-state index contributed by atoms with van der Waals surface area (Å²) in [4.78, 5) is 0. The zero-order chi connectivity index (χ0) is 26.3. The Morgan fingerprint density at radius 3 is 1.74 bits per heavy atom. The molecular formula is C38H30O. The first-order valence-electron chi connectivity index (χ1n) is 14.0. The molecule has 1 aliphatic carbocycles. The van der Waals surface area contributed by atoms with Gasteiger partial charge in [0.25, 0.3) is 0 Å². The van der Waals surface area contributed by atoms with Crippen molar-refractivity contribution in [1.29, 1.82) is 0 Å². The summed E-state index contributed by atoms with van der Waals surface area (Å²) in [5, 5.41) is 7.37. The molecule has 0 atom stereocenters. The van der Waals surface area contributed by atoms with Gasteiger partial charge in [0.05, 0.1) is 0 Å². The maximum Gasteiger partial charge on any atom is 0.143 e. The number of benzene rings is 6.